The molecule has 0 fully saturated rings. The number of carboxylic acid groups (broad SMARTS) is 1. The van der Waals surface area contributed by atoms with Crippen molar-refractivity contribution < 1.29 is 19.6 Å². The van der Waals surface area contributed by atoms with Crippen LogP contribution in [0.3, 0.4) is 0 Å². The number of carbonyl (C=O) groups is 2. The summed E-state index contributed by atoms with van der Waals surface area (Å²) in [5.41, 5.74) is 0.127. The molecule has 1 aromatic rings. The molecule has 2 N–H and O–H groups in total. The average Bonchev–Trinajstić information content (AvgIpc) is 2.44. The van der Waals surface area contributed by atoms with Crippen LogP contribution >= 0.6 is 0 Å². The second kappa shape index (κ2) is 7.22. The lowest BCUT2D eigenvalue weighted by molar-refractivity contribution is -0.383. The number of nitrogens with one attached hydrogen (secondary N) is 1. The molecular weight excluding hydrogens is 278 g/mol. The van der Waals surface area contributed by atoms with E-state index >= 15 is 0 Å². The summed E-state index contributed by atoms with van der Waals surface area (Å²) in [6, 6.07) is 6.00. The molecule has 1 aromatic carbocycles. The predicted molar refractivity (Wildman–Crippen MR) is 76.0 cm³/mol. The molecule has 0 spiro atoms. The highest BCUT2D eigenvalue weighted by molar-refractivity contribution is 5.82. The molecule has 114 valence electrons. The van der Waals surface area contributed by atoms with Crippen LogP contribution < -0.4 is 5.32 Å². The number of anilines is 1. The second-order valence-corrected chi connectivity index (χ2v) is 4.64. The lowest BCUT2D eigenvalue weighted by Crippen LogP contribution is -2.37. The van der Waals surface area contributed by atoms with Gasteiger partial charge in [0.15, 0.2) is 0 Å². The quantitative estimate of drug-likeness (QED) is 0.577. The standard InChI is InChI=1S/C13H17N3O5/c1-9(13(18)19)8-15(2)12(17)7-14-10-5-3-4-6-11(10)16(20)21/h3-6,9,14H,7-8H2,1-2H3,(H,18,19). The molecule has 8 heteroatoms. The van der Waals surface area contributed by atoms with E-state index in [2.05, 4.69) is 5.32 Å². The largest absolute Gasteiger partial charge is 0.481 e. The molecule has 21 heavy (non-hydrogen) atoms. The Morgan fingerprint density at radius 3 is 2.62 bits per heavy atom. The number of nitro groups is 1. The molecule has 1 rings (SSSR count). The smallest absolute Gasteiger partial charge is 0.308 e. The van der Waals surface area contributed by atoms with Crippen molar-refractivity contribution in [3.63, 3.8) is 0 Å². The number of hydrogen-bond acceptors (Lipinski definition) is 5. The van der Waals surface area contributed by atoms with Gasteiger partial charge in [-0.15, -0.1) is 0 Å². The monoisotopic (exact) mass is 295 g/mol. The van der Waals surface area contributed by atoms with Gasteiger partial charge in [-0.25, -0.2) is 0 Å². The molecular formula is C13H17N3O5. The van der Waals surface area contributed by atoms with Crippen LogP contribution in [-0.4, -0.2) is 46.9 Å². The number of nitro benzene ring substituents is 1. The zero-order chi connectivity index (χ0) is 16.0. The molecule has 0 aliphatic carbocycles. The van der Waals surface area contributed by atoms with E-state index in [1.54, 1.807) is 6.07 Å². The molecule has 0 heterocycles. The van der Waals surface area contributed by atoms with E-state index in [-0.39, 0.29) is 30.4 Å². The Bertz CT molecular complexity index is 546. The van der Waals surface area contributed by atoms with Crippen molar-refractivity contribution in [1.29, 1.82) is 0 Å². The lowest BCUT2D eigenvalue weighted by Gasteiger charge is -2.19. The van der Waals surface area contributed by atoms with Gasteiger partial charge in [0, 0.05) is 19.7 Å². The fourth-order valence-corrected chi connectivity index (χ4v) is 1.68. The third kappa shape index (κ3) is 4.75. The molecule has 1 amide bonds. The summed E-state index contributed by atoms with van der Waals surface area (Å²) in [6.07, 6.45) is 0. The number of para-hydroxylation sites is 2. The van der Waals surface area contributed by atoms with E-state index in [9.17, 15) is 19.7 Å². The van der Waals surface area contributed by atoms with Crippen LogP contribution in [0.15, 0.2) is 24.3 Å². The normalized spacial score (nSPS) is 11.5. The lowest BCUT2D eigenvalue weighted by atomic mass is 10.2. The number of hydrogen-bond donors (Lipinski definition) is 2. The van der Waals surface area contributed by atoms with Crippen LogP contribution in [0.1, 0.15) is 6.92 Å². The van der Waals surface area contributed by atoms with E-state index in [1.807, 2.05) is 0 Å². The van der Waals surface area contributed by atoms with Crippen LogP contribution in [0.25, 0.3) is 0 Å². The first-order valence-electron chi connectivity index (χ1n) is 6.27. The Morgan fingerprint density at radius 1 is 1.43 bits per heavy atom. The summed E-state index contributed by atoms with van der Waals surface area (Å²) in [6.45, 7) is 1.43. The number of nitrogens with zero attached hydrogens (tertiary/aromatic N) is 2. The van der Waals surface area contributed by atoms with Crippen LogP contribution in [-0.2, 0) is 9.59 Å². The van der Waals surface area contributed by atoms with Gasteiger partial charge in [0.1, 0.15) is 5.69 Å². The Kier molecular flexibility index (Phi) is 5.65. The average molecular weight is 295 g/mol. The predicted octanol–water partition coefficient (Wildman–Crippen LogP) is 1.19. The van der Waals surface area contributed by atoms with Crippen molar-refractivity contribution in [3.8, 4) is 0 Å². The van der Waals surface area contributed by atoms with Crippen LogP contribution in [0.4, 0.5) is 11.4 Å². The van der Waals surface area contributed by atoms with Gasteiger partial charge in [0.25, 0.3) is 5.69 Å². The van der Waals surface area contributed by atoms with Crippen molar-refractivity contribution in [2.24, 2.45) is 5.92 Å². The number of carbonyl (C=O) groups excluding carboxylic acids is 1. The van der Waals surface area contributed by atoms with Gasteiger partial charge in [0.05, 0.1) is 17.4 Å². The highest BCUT2D eigenvalue weighted by Crippen LogP contribution is 2.22. The molecule has 1 atom stereocenters. The summed E-state index contributed by atoms with van der Waals surface area (Å²) >= 11 is 0. The Hall–Kier alpha value is -2.64. The highest BCUT2D eigenvalue weighted by atomic mass is 16.6. The van der Waals surface area contributed by atoms with Crippen molar-refractivity contribution in [1.82, 2.24) is 4.90 Å². The van der Waals surface area contributed by atoms with Gasteiger partial charge in [-0.3, -0.25) is 19.7 Å². The van der Waals surface area contributed by atoms with E-state index in [0.29, 0.717) is 0 Å². The van der Waals surface area contributed by atoms with Crippen molar-refractivity contribution in [2.45, 2.75) is 6.92 Å². The van der Waals surface area contributed by atoms with E-state index in [4.69, 9.17) is 5.11 Å². The first-order chi connectivity index (χ1) is 9.82. The Balaban J connectivity index is 2.61. The first kappa shape index (κ1) is 16.4. The van der Waals surface area contributed by atoms with Gasteiger partial charge >= 0.3 is 5.97 Å². The fraction of sp³-hybridized carbons (Fsp3) is 0.385. The molecule has 1 unspecified atom stereocenters. The van der Waals surface area contributed by atoms with Gasteiger partial charge in [-0.05, 0) is 6.07 Å². The molecule has 8 nitrogen and oxygen atoms in total. The summed E-state index contributed by atoms with van der Waals surface area (Å²) in [7, 11) is 1.49. The molecule has 0 aromatic heterocycles. The fourth-order valence-electron chi connectivity index (χ4n) is 1.68. The number of amides is 1. The number of likely N-dealkylation sites (N-methyl/N-ethyl adjacent to an activating group) is 1. The summed E-state index contributed by atoms with van der Waals surface area (Å²) in [5, 5.41) is 22.3. The number of rotatable bonds is 7. The molecule has 0 radical (unpaired) electrons. The summed E-state index contributed by atoms with van der Waals surface area (Å²) in [4.78, 5) is 34.1. The van der Waals surface area contributed by atoms with Crippen molar-refractivity contribution in [2.75, 3.05) is 25.5 Å². The third-order valence-corrected chi connectivity index (χ3v) is 2.93. The number of benzene rings is 1. The Morgan fingerprint density at radius 2 is 2.05 bits per heavy atom. The van der Waals surface area contributed by atoms with Crippen LogP contribution in [0.5, 0.6) is 0 Å². The summed E-state index contributed by atoms with van der Waals surface area (Å²) in [5.74, 6) is -2.01. The third-order valence-electron chi connectivity index (χ3n) is 2.93. The van der Waals surface area contributed by atoms with Gasteiger partial charge in [0.2, 0.25) is 5.91 Å². The van der Waals surface area contributed by atoms with Crippen LogP contribution in [0, 0.1) is 16.0 Å². The van der Waals surface area contributed by atoms with Crippen molar-refractivity contribution >= 4 is 23.3 Å². The number of carboxylic acids is 1. The van der Waals surface area contributed by atoms with Gasteiger partial charge in [-0.2, -0.15) is 0 Å². The molecule has 0 aliphatic rings. The minimum atomic E-state index is -0.985. The van der Waals surface area contributed by atoms with E-state index < -0.39 is 16.8 Å². The first-order valence-corrected chi connectivity index (χ1v) is 6.27. The maximum atomic E-state index is 11.9. The van der Waals surface area contributed by atoms with Crippen LogP contribution in [0.2, 0.25) is 0 Å². The van der Waals surface area contributed by atoms with E-state index in [1.165, 1.54) is 37.1 Å². The molecule has 0 saturated heterocycles. The van der Waals surface area contributed by atoms with Crippen molar-refractivity contribution in [3.05, 3.63) is 34.4 Å². The highest BCUT2D eigenvalue weighted by Gasteiger charge is 2.18. The maximum absolute atomic E-state index is 11.9. The summed E-state index contributed by atoms with van der Waals surface area (Å²) < 4.78 is 0. The number of aliphatic carboxylic acids is 1. The zero-order valence-electron chi connectivity index (χ0n) is 11.8. The molecule has 0 bridgehead atoms. The SMILES string of the molecule is CC(CN(C)C(=O)CNc1ccccc1[N+](=O)[O-])C(=O)O. The van der Waals surface area contributed by atoms with Gasteiger partial charge < -0.3 is 15.3 Å². The van der Waals surface area contributed by atoms with E-state index in [0.717, 1.165) is 0 Å². The minimum Gasteiger partial charge on any atom is -0.481 e. The van der Waals surface area contributed by atoms with Gasteiger partial charge in [-0.1, -0.05) is 19.1 Å². The second-order valence-electron chi connectivity index (χ2n) is 4.64. The zero-order valence-corrected chi connectivity index (χ0v) is 11.8. The molecule has 0 aliphatic heterocycles. The molecule has 0 saturated carbocycles. The topological polar surface area (TPSA) is 113 Å². The Labute approximate surface area is 121 Å². The maximum Gasteiger partial charge on any atom is 0.308 e. The minimum absolute atomic E-state index is 0.0761.